The van der Waals surface area contributed by atoms with Gasteiger partial charge in [-0.1, -0.05) is 43.2 Å². The maximum atomic E-state index is 13.5. The molecule has 2 fully saturated rings. The summed E-state index contributed by atoms with van der Waals surface area (Å²) in [5, 5.41) is 4.71. The van der Waals surface area contributed by atoms with Gasteiger partial charge in [-0.15, -0.1) is 0 Å². The van der Waals surface area contributed by atoms with Crippen molar-refractivity contribution in [2.24, 2.45) is 0 Å². The van der Waals surface area contributed by atoms with Crippen molar-refractivity contribution in [2.45, 2.75) is 43.5 Å². The lowest BCUT2D eigenvalue weighted by atomic mass is 10.2. The van der Waals surface area contributed by atoms with E-state index in [9.17, 15) is 13.2 Å². The molecule has 150 valence electrons. The van der Waals surface area contributed by atoms with Gasteiger partial charge in [0.1, 0.15) is 10.6 Å². The Morgan fingerprint density at radius 1 is 1.04 bits per heavy atom. The molecule has 2 heterocycles. The highest BCUT2D eigenvalue weighted by molar-refractivity contribution is 7.89. The van der Waals surface area contributed by atoms with E-state index in [0.29, 0.717) is 31.9 Å². The van der Waals surface area contributed by atoms with Gasteiger partial charge in [0, 0.05) is 44.9 Å². The van der Waals surface area contributed by atoms with Crippen molar-refractivity contribution in [1.29, 1.82) is 0 Å². The van der Waals surface area contributed by atoms with E-state index in [1.54, 1.807) is 11.1 Å². The molecule has 1 aliphatic heterocycles. The van der Waals surface area contributed by atoms with Crippen molar-refractivity contribution < 1.29 is 13.2 Å². The summed E-state index contributed by atoms with van der Waals surface area (Å²) in [7, 11) is -3.69. The maximum absolute atomic E-state index is 13.5. The molecule has 0 atom stereocenters. The molecule has 0 spiro atoms. The van der Waals surface area contributed by atoms with Crippen molar-refractivity contribution in [2.75, 3.05) is 26.2 Å². The van der Waals surface area contributed by atoms with Crippen LogP contribution >= 0.6 is 0 Å². The number of carbonyl (C=O) groups is 1. The van der Waals surface area contributed by atoms with Gasteiger partial charge in [-0.3, -0.25) is 9.48 Å². The quantitative estimate of drug-likeness (QED) is 0.788. The zero-order valence-corrected chi connectivity index (χ0v) is 16.9. The first kappa shape index (κ1) is 19.1. The fourth-order valence-corrected chi connectivity index (χ4v) is 5.66. The Kier molecular flexibility index (Phi) is 5.25. The zero-order valence-electron chi connectivity index (χ0n) is 16.1. The van der Waals surface area contributed by atoms with Crippen LogP contribution in [0.5, 0.6) is 0 Å². The molecule has 1 saturated carbocycles. The summed E-state index contributed by atoms with van der Waals surface area (Å²) >= 11 is 0. The highest BCUT2D eigenvalue weighted by Crippen LogP contribution is 2.34. The van der Waals surface area contributed by atoms with Crippen LogP contribution in [0.2, 0.25) is 0 Å². The highest BCUT2D eigenvalue weighted by Gasteiger charge is 2.34. The van der Waals surface area contributed by atoms with Gasteiger partial charge in [-0.2, -0.15) is 9.40 Å². The Balaban J connectivity index is 1.70. The predicted molar refractivity (Wildman–Crippen MR) is 106 cm³/mol. The van der Waals surface area contributed by atoms with Crippen LogP contribution in [0.25, 0.3) is 11.3 Å². The molecule has 28 heavy (non-hydrogen) atoms. The number of amides is 1. The molecule has 1 aromatic heterocycles. The van der Waals surface area contributed by atoms with Crippen LogP contribution in [0.3, 0.4) is 0 Å². The van der Waals surface area contributed by atoms with Gasteiger partial charge in [0.15, 0.2) is 0 Å². The van der Waals surface area contributed by atoms with Gasteiger partial charge in [-0.05, 0) is 12.8 Å². The lowest BCUT2D eigenvalue weighted by Crippen LogP contribution is -2.49. The van der Waals surface area contributed by atoms with Crippen molar-refractivity contribution >= 4 is 15.9 Å². The Hall–Kier alpha value is -2.19. The smallest absolute Gasteiger partial charge is 0.246 e. The van der Waals surface area contributed by atoms with E-state index in [2.05, 4.69) is 0 Å². The summed E-state index contributed by atoms with van der Waals surface area (Å²) in [4.78, 5) is 13.5. The van der Waals surface area contributed by atoms with Crippen LogP contribution < -0.4 is 0 Å². The standard InChI is InChI=1S/C20H26N4O3S/c1-16(25)22-11-13-23(14-12-22)28(26,27)19-15-24(18-9-5-6-10-18)21-20(19)17-7-3-2-4-8-17/h2-4,7-8,15,18H,5-6,9-14H2,1H3. The van der Waals surface area contributed by atoms with E-state index in [1.807, 2.05) is 35.0 Å². The Morgan fingerprint density at radius 2 is 1.68 bits per heavy atom. The SMILES string of the molecule is CC(=O)N1CCN(S(=O)(=O)c2cn(C3CCCC3)nc2-c2ccccc2)CC1. The fraction of sp³-hybridized carbons (Fsp3) is 0.500. The number of rotatable bonds is 4. The number of hydrogen-bond acceptors (Lipinski definition) is 4. The van der Waals surface area contributed by atoms with E-state index in [-0.39, 0.29) is 16.8 Å². The minimum Gasteiger partial charge on any atom is -0.340 e. The van der Waals surface area contributed by atoms with Gasteiger partial charge >= 0.3 is 0 Å². The molecule has 1 aromatic carbocycles. The van der Waals surface area contributed by atoms with Crippen LogP contribution in [0.15, 0.2) is 41.4 Å². The van der Waals surface area contributed by atoms with E-state index >= 15 is 0 Å². The monoisotopic (exact) mass is 402 g/mol. The third-order valence-corrected chi connectivity index (χ3v) is 7.65. The van der Waals surface area contributed by atoms with Gasteiger partial charge in [0.25, 0.3) is 0 Å². The van der Waals surface area contributed by atoms with Crippen LogP contribution in [0, 0.1) is 0 Å². The number of nitrogens with zero attached hydrogens (tertiary/aromatic N) is 4. The molecule has 8 heteroatoms. The highest BCUT2D eigenvalue weighted by atomic mass is 32.2. The molecule has 2 aromatic rings. The first-order valence-electron chi connectivity index (χ1n) is 9.87. The lowest BCUT2D eigenvalue weighted by Gasteiger charge is -2.33. The summed E-state index contributed by atoms with van der Waals surface area (Å²) in [6.45, 7) is 2.98. The van der Waals surface area contributed by atoms with Crippen molar-refractivity contribution in [3.8, 4) is 11.3 Å². The molecular weight excluding hydrogens is 376 g/mol. The third-order valence-electron chi connectivity index (χ3n) is 5.75. The average molecular weight is 403 g/mol. The van der Waals surface area contributed by atoms with Gasteiger partial charge < -0.3 is 4.90 Å². The maximum Gasteiger partial charge on any atom is 0.246 e. The van der Waals surface area contributed by atoms with Crippen LogP contribution in [0.1, 0.15) is 38.6 Å². The molecule has 0 radical (unpaired) electrons. The van der Waals surface area contributed by atoms with Gasteiger partial charge in [-0.25, -0.2) is 8.42 Å². The first-order valence-corrected chi connectivity index (χ1v) is 11.3. The second-order valence-electron chi connectivity index (χ2n) is 7.54. The number of aromatic nitrogens is 2. The molecule has 2 aliphatic rings. The summed E-state index contributed by atoms with van der Waals surface area (Å²) < 4.78 is 30.2. The number of benzene rings is 1. The van der Waals surface area contributed by atoms with Crippen molar-refractivity contribution in [1.82, 2.24) is 19.0 Å². The van der Waals surface area contributed by atoms with Crippen LogP contribution in [-0.4, -0.2) is 59.5 Å². The second kappa shape index (κ2) is 7.67. The molecule has 0 N–H and O–H groups in total. The summed E-state index contributed by atoms with van der Waals surface area (Å²) in [6.07, 6.45) is 6.09. The van der Waals surface area contributed by atoms with E-state index in [4.69, 9.17) is 5.10 Å². The number of carbonyl (C=O) groups excluding carboxylic acids is 1. The van der Waals surface area contributed by atoms with Crippen molar-refractivity contribution in [3.63, 3.8) is 0 Å². The minimum absolute atomic E-state index is 0.0175. The van der Waals surface area contributed by atoms with Crippen molar-refractivity contribution in [3.05, 3.63) is 36.5 Å². The van der Waals surface area contributed by atoms with E-state index in [0.717, 1.165) is 31.2 Å². The van der Waals surface area contributed by atoms with E-state index in [1.165, 1.54) is 11.2 Å². The largest absolute Gasteiger partial charge is 0.340 e. The van der Waals surface area contributed by atoms with Crippen LogP contribution in [0.4, 0.5) is 0 Å². The normalized spacial score (nSPS) is 19.2. The Morgan fingerprint density at radius 3 is 2.29 bits per heavy atom. The van der Waals surface area contributed by atoms with E-state index < -0.39 is 10.0 Å². The molecule has 0 unspecified atom stereocenters. The Labute approximate surface area is 166 Å². The third kappa shape index (κ3) is 3.58. The first-order chi connectivity index (χ1) is 13.5. The molecule has 0 bridgehead atoms. The molecule has 1 amide bonds. The second-order valence-corrected chi connectivity index (χ2v) is 9.44. The summed E-state index contributed by atoms with van der Waals surface area (Å²) in [5.41, 5.74) is 1.32. The van der Waals surface area contributed by atoms with Gasteiger partial charge in [0.2, 0.25) is 15.9 Å². The molecular formula is C20H26N4O3S. The molecule has 4 rings (SSSR count). The van der Waals surface area contributed by atoms with Gasteiger partial charge in [0.05, 0.1) is 6.04 Å². The summed E-state index contributed by atoms with van der Waals surface area (Å²) in [6, 6.07) is 9.76. The minimum atomic E-state index is -3.69. The fourth-order valence-electron chi connectivity index (χ4n) is 4.10. The summed E-state index contributed by atoms with van der Waals surface area (Å²) in [5.74, 6) is -0.0175. The molecule has 1 saturated heterocycles. The molecule has 1 aliphatic carbocycles. The Bertz CT molecular complexity index is 941. The zero-order chi connectivity index (χ0) is 19.7. The average Bonchev–Trinajstić information content (AvgIpc) is 3.39. The topological polar surface area (TPSA) is 75.5 Å². The number of sulfonamides is 1. The predicted octanol–water partition coefficient (Wildman–Crippen LogP) is 2.52. The number of piperazine rings is 1. The van der Waals surface area contributed by atoms with Crippen LogP contribution in [-0.2, 0) is 14.8 Å². The number of hydrogen-bond donors (Lipinski definition) is 0. The molecule has 7 nitrogen and oxygen atoms in total. The lowest BCUT2D eigenvalue weighted by molar-refractivity contribution is -0.129.